The van der Waals surface area contributed by atoms with Crippen LogP contribution in [-0.4, -0.2) is 21.4 Å². The molecule has 0 aliphatic rings. The lowest BCUT2D eigenvalue weighted by atomic mass is 9.95. The van der Waals surface area contributed by atoms with Gasteiger partial charge in [-0.3, -0.25) is 9.71 Å². The molecule has 0 saturated carbocycles. The van der Waals surface area contributed by atoms with Gasteiger partial charge in [0.05, 0.1) is 23.2 Å². The van der Waals surface area contributed by atoms with Gasteiger partial charge in [-0.05, 0) is 36.9 Å². The van der Waals surface area contributed by atoms with Crippen LogP contribution in [0.25, 0.3) is 5.57 Å². The van der Waals surface area contributed by atoms with Gasteiger partial charge in [-0.1, -0.05) is 12.1 Å². The Kier molecular flexibility index (Phi) is 5.50. The highest BCUT2D eigenvalue weighted by molar-refractivity contribution is 7.92. The van der Waals surface area contributed by atoms with Crippen LogP contribution >= 0.6 is 0 Å². The van der Waals surface area contributed by atoms with Gasteiger partial charge in [-0.25, -0.2) is 26.0 Å². The van der Waals surface area contributed by atoms with Crippen molar-refractivity contribution in [2.75, 3.05) is 11.0 Å². The first kappa shape index (κ1) is 19.6. The average molecular weight is 386 g/mol. The van der Waals surface area contributed by atoms with Gasteiger partial charge in [-0.2, -0.15) is 0 Å². The van der Waals surface area contributed by atoms with Crippen molar-refractivity contribution in [1.82, 2.24) is 0 Å². The topological polar surface area (TPSA) is 58.5 Å². The molecule has 1 N–H and O–H groups in total. The van der Waals surface area contributed by atoms with Crippen LogP contribution < -0.4 is 4.72 Å². The molecule has 2 aromatic carbocycles. The van der Waals surface area contributed by atoms with Gasteiger partial charge >= 0.3 is 0 Å². The van der Waals surface area contributed by atoms with Crippen molar-refractivity contribution in [1.29, 1.82) is 0 Å². The molecular formula is C17H14F4N2O2S. The fraction of sp³-hybridized carbons (Fsp3) is 0.118. The van der Waals surface area contributed by atoms with Crippen LogP contribution in [0.1, 0.15) is 18.1 Å². The molecule has 2 aromatic rings. The van der Waals surface area contributed by atoms with E-state index in [9.17, 15) is 26.0 Å². The summed E-state index contributed by atoms with van der Waals surface area (Å²) in [6.45, 7) is 4.72. The summed E-state index contributed by atoms with van der Waals surface area (Å²) in [5.41, 5.74) is -0.771. The third-order valence-electron chi connectivity index (χ3n) is 3.44. The molecule has 4 nitrogen and oxygen atoms in total. The van der Waals surface area contributed by atoms with Crippen molar-refractivity contribution in [3.8, 4) is 0 Å². The first-order valence-corrected chi connectivity index (χ1v) is 9.06. The summed E-state index contributed by atoms with van der Waals surface area (Å²) >= 11 is 0. The molecule has 0 heterocycles. The van der Waals surface area contributed by atoms with Crippen molar-refractivity contribution < 1.29 is 26.0 Å². The molecular weight excluding hydrogens is 372 g/mol. The normalized spacial score (nSPS) is 12.2. The van der Waals surface area contributed by atoms with E-state index >= 15 is 0 Å². The average Bonchev–Trinajstić information content (AvgIpc) is 2.55. The number of nitrogens with one attached hydrogen (secondary N) is 1. The number of hydrogen-bond donors (Lipinski definition) is 1. The van der Waals surface area contributed by atoms with E-state index in [0.29, 0.717) is 0 Å². The van der Waals surface area contributed by atoms with Crippen LogP contribution in [0, 0.1) is 23.3 Å². The smallest absolute Gasteiger partial charge is 0.229 e. The summed E-state index contributed by atoms with van der Waals surface area (Å²) in [6, 6.07) is 4.07. The number of hydrogen-bond acceptors (Lipinski definition) is 3. The number of benzene rings is 2. The number of nitrogens with zero attached hydrogens (tertiary/aromatic N) is 1. The Morgan fingerprint density at radius 3 is 2.15 bits per heavy atom. The number of rotatable bonds is 5. The van der Waals surface area contributed by atoms with Gasteiger partial charge < -0.3 is 0 Å². The Morgan fingerprint density at radius 2 is 1.69 bits per heavy atom. The number of halogens is 4. The van der Waals surface area contributed by atoms with Gasteiger partial charge in [0.15, 0.2) is 23.3 Å². The van der Waals surface area contributed by atoms with E-state index in [1.807, 2.05) is 0 Å². The summed E-state index contributed by atoms with van der Waals surface area (Å²) in [7, 11) is -3.68. The second kappa shape index (κ2) is 7.28. The van der Waals surface area contributed by atoms with Crippen LogP contribution in [0.3, 0.4) is 0 Å². The predicted octanol–water partition coefficient (Wildman–Crippen LogP) is 4.40. The van der Waals surface area contributed by atoms with E-state index in [0.717, 1.165) is 6.26 Å². The minimum absolute atomic E-state index is 0.00274. The molecule has 0 bridgehead atoms. The summed E-state index contributed by atoms with van der Waals surface area (Å²) in [5.74, 6) is -6.20. The van der Waals surface area contributed by atoms with Crippen LogP contribution in [0.4, 0.5) is 28.9 Å². The van der Waals surface area contributed by atoms with Crippen molar-refractivity contribution in [3.63, 3.8) is 0 Å². The maximum absolute atomic E-state index is 14.1. The van der Waals surface area contributed by atoms with Crippen LogP contribution in [0.15, 0.2) is 35.3 Å². The van der Waals surface area contributed by atoms with Crippen molar-refractivity contribution in [2.24, 2.45) is 4.99 Å². The second-order valence-corrected chi connectivity index (χ2v) is 7.06. The first-order chi connectivity index (χ1) is 12.1. The largest absolute Gasteiger partial charge is 0.282 e. The third kappa shape index (κ3) is 3.93. The van der Waals surface area contributed by atoms with Crippen molar-refractivity contribution in [2.45, 2.75) is 6.92 Å². The molecule has 0 spiro atoms. The standard InChI is InChI=1S/C17H14F4N2O2S/c1-4-10(15-16(20)11(18)8-12(19)17(15)21)9-5-6-13(22-2)14(7-9)23-26(3,24)25/h4-8,23H,2H2,1,3H3/b10-4-. The van der Waals surface area contributed by atoms with E-state index in [1.54, 1.807) is 0 Å². The van der Waals surface area contributed by atoms with Gasteiger partial charge in [-0.15, -0.1) is 0 Å². The Balaban J connectivity index is 2.71. The van der Waals surface area contributed by atoms with Crippen LogP contribution in [0.5, 0.6) is 0 Å². The summed E-state index contributed by atoms with van der Waals surface area (Å²) < 4.78 is 80.5. The highest BCUT2D eigenvalue weighted by atomic mass is 32.2. The van der Waals surface area contributed by atoms with Gasteiger partial charge in [0.2, 0.25) is 10.0 Å². The Labute approximate surface area is 147 Å². The Hall–Kier alpha value is -2.68. The van der Waals surface area contributed by atoms with Crippen molar-refractivity contribution in [3.05, 3.63) is 64.7 Å². The molecule has 0 amide bonds. The maximum Gasteiger partial charge on any atom is 0.229 e. The number of allylic oxidation sites excluding steroid dienone is 1. The molecule has 0 aliphatic carbocycles. The van der Waals surface area contributed by atoms with Gasteiger partial charge in [0, 0.05) is 6.07 Å². The van der Waals surface area contributed by atoms with E-state index in [-0.39, 0.29) is 28.6 Å². The van der Waals surface area contributed by atoms with E-state index in [2.05, 4.69) is 16.4 Å². The summed E-state index contributed by atoms with van der Waals surface area (Å²) in [6.07, 6.45) is 2.16. The number of aliphatic imine (C=N–C) groups is 1. The Morgan fingerprint density at radius 1 is 1.12 bits per heavy atom. The van der Waals surface area contributed by atoms with Gasteiger partial charge in [0.1, 0.15) is 0 Å². The second-order valence-electron chi connectivity index (χ2n) is 5.31. The molecule has 2 rings (SSSR count). The van der Waals surface area contributed by atoms with E-state index in [4.69, 9.17) is 0 Å². The quantitative estimate of drug-likeness (QED) is 0.470. The summed E-state index contributed by atoms with van der Waals surface area (Å²) in [4.78, 5) is 3.65. The molecule has 138 valence electrons. The molecule has 26 heavy (non-hydrogen) atoms. The van der Waals surface area contributed by atoms with E-state index < -0.39 is 38.9 Å². The molecule has 0 atom stereocenters. The first-order valence-electron chi connectivity index (χ1n) is 7.17. The number of sulfonamides is 1. The maximum atomic E-state index is 14.1. The lowest BCUT2D eigenvalue weighted by Crippen LogP contribution is -2.10. The molecule has 0 aromatic heterocycles. The third-order valence-corrected chi connectivity index (χ3v) is 4.03. The minimum atomic E-state index is -3.68. The molecule has 0 saturated heterocycles. The fourth-order valence-electron chi connectivity index (χ4n) is 2.39. The lowest BCUT2D eigenvalue weighted by Gasteiger charge is -2.14. The molecule has 9 heteroatoms. The van der Waals surface area contributed by atoms with Gasteiger partial charge in [0.25, 0.3) is 0 Å². The summed E-state index contributed by atoms with van der Waals surface area (Å²) in [5, 5.41) is 0. The van der Waals surface area contributed by atoms with Crippen LogP contribution in [0.2, 0.25) is 0 Å². The predicted molar refractivity (Wildman–Crippen MR) is 93.1 cm³/mol. The molecule has 0 aliphatic heterocycles. The van der Waals surface area contributed by atoms with Crippen molar-refractivity contribution >= 4 is 33.7 Å². The SMILES string of the molecule is C=Nc1ccc(/C(=C/C)c2c(F)c(F)cc(F)c2F)cc1NS(C)(=O)=O. The Bertz CT molecular complexity index is 992. The molecule has 0 unspecified atom stereocenters. The van der Waals surface area contributed by atoms with E-state index in [1.165, 1.54) is 31.2 Å². The fourth-order valence-corrected chi connectivity index (χ4v) is 2.95. The van der Waals surface area contributed by atoms with Crippen LogP contribution in [-0.2, 0) is 10.0 Å². The molecule has 0 fully saturated rings. The monoisotopic (exact) mass is 386 g/mol. The highest BCUT2D eigenvalue weighted by Gasteiger charge is 2.23. The lowest BCUT2D eigenvalue weighted by molar-refractivity contribution is 0.450. The zero-order valence-corrected chi connectivity index (χ0v) is 14.6. The number of anilines is 1. The zero-order chi connectivity index (χ0) is 19.6. The zero-order valence-electron chi connectivity index (χ0n) is 13.8. The minimum Gasteiger partial charge on any atom is -0.282 e. The molecule has 0 radical (unpaired) electrons. The highest BCUT2D eigenvalue weighted by Crippen LogP contribution is 2.35.